The van der Waals surface area contributed by atoms with E-state index in [0.29, 0.717) is 49.3 Å². The van der Waals surface area contributed by atoms with Crippen molar-refractivity contribution < 1.29 is 18.8 Å². The number of amides is 1. The van der Waals surface area contributed by atoms with Crippen molar-refractivity contribution >= 4 is 5.91 Å². The number of hydrogen-bond donors (Lipinski definition) is 0. The summed E-state index contributed by atoms with van der Waals surface area (Å²) in [5, 5.41) is 4.03. The van der Waals surface area contributed by atoms with Gasteiger partial charge in [-0.25, -0.2) is 0 Å². The Morgan fingerprint density at radius 1 is 1.30 bits per heavy atom. The molecule has 2 fully saturated rings. The van der Waals surface area contributed by atoms with Crippen molar-refractivity contribution in [1.82, 2.24) is 20.0 Å². The van der Waals surface area contributed by atoms with Crippen LogP contribution in [0.5, 0.6) is 0 Å². The first kappa shape index (κ1) is 18.1. The monoisotopic (exact) mass is 372 g/mol. The number of rotatable bonds is 7. The molecule has 0 N–H and O–H groups in total. The molecule has 2 aliphatic heterocycles. The van der Waals surface area contributed by atoms with Crippen molar-refractivity contribution in [2.45, 2.75) is 25.2 Å². The summed E-state index contributed by atoms with van der Waals surface area (Å²) in [7, 11) is 0. The van der Waals surface area contributed by atoms with E-state index >= 15 is 0 Å². The van der Waals surface area contributed by atoms with Gasteiger partial charge in [0.1, 0.15) is 0 Å². The van der Waals surface area contributed by atoms with E-state index in [1.165, 1.54) is 0 Å². The molecule has 0 spiro atoms. The Bertz CT molecular complexity index is 739. The molecule has 8 nitrogen and oxygen atoms in total. The summed E-state index contributed by atoms with van der Waals surface area (Å²) in [5.74, 6) is 1.95. The maximum Gasteiger partial charge on any atom is 0.255 e. The summed E-state index contributed by atoms with van der Waals surface area (Å²) < 4.78 is 16.5. The third-order valence-electron chi connectivity index (χ3n) is 5.07. The van der Waals surface area contributed by atoms with Crippen LogP contribution in [0.3, 0.4) is 0 Å². The predicted molar refractivity (Wildman–Crippen MR) is 95.2 cm³/mol. The van der Waals surface area contributed by atoms with Crippen molar-refractivity contribution in [2.24, 2.45) is 5.92 Å². The molecule has 0 atom stereocenters. The quantitative estimate of drug-likeness (QED) is 0.683. The van der Waals surface area contributed by atoms with Crippen LogP contribution in [-0.2, 0) is 15.9 Å². The molecular formula is C19H24N4O4. The Kier molecular flexibility index (Phi) is 5.74. The van der Waals surface area contributed by atoms with E-state index in [9.17, 15) is 4.79 Å². The zero-order chi connectivity index (χ0) is 18.5. The number of hydrogen-bond acceptors (Lipinski definition) is 7. The highest BCUT2D eigenvalue weighted by atomic mass is 16.5. The number of pyridine rings is 1. The Morgan fingerprint density at radius 2 is 2.15 bits per heavy atom. The van der Waals surface area contributed by atoms with E-state index in [0.717, 1.165) is 32.7 Å². The summed E-state index contributed by atoms with van der Waals surface area (Å²) in [5.41, 5.74) is 0.601. The number of ether oxygens (including phenoxy) is 2. The summed E-state index contributed by atoms with van der Waals surface area (Å²) in [4.78, 5) is 22.5. The average Bonchev–Trinajstić information content (AvgIpc) is 3.14. The highest BCUT2D eigenvalue weighted by Gasteiger charge is 2.36. The Labute approximate surface area is 157 Å². The number of likely N-dealkylation sites (tertiary alicyclic amines) is 1. The molecule has 0 saturated carbocycles. The van der Waals surface area contributed by atoms with E-state index in [-0.39, 0.29) is 11.8 Å². The van der Waals surface area contributed by atoms with E-state index in [1.807, 2.05) is 0 Å². The summed E-state index contributed by atoms with van der Waals surface area (Å²) >= 11 is 0. The maximum absolute atomic E-state index is 12.3. The molecule has 0 unspecified atom stereocenters. The molecule has 0 radical (unpaired) electrons. The summed E-state index contributed by atoms with van der Waals surface area (Å²) in [6.45, 7) is 4.22. The lowest BCUT2D eigenvalue weighted by atomic mass is 9.99. The standard InChI is InChI=1S/C19H24N4O4/c24-19(15-2-1-6-20-10-15)23-11-16(12-23)18-21-17(22-27-18)5-9-26-13-14-3-7-25-8-4-14/h1-2,6,10,14,16H,3-5,7-9,11-13H2. The normalized spacial score (nSPS) is 18.4. The van der Waals surface area contributed by atoms with Crippen molar-refractivity contribution in [3.8, 4) is 0 Å². The number of carbonyl (C=O) groups excluding carboxylic acids is 1. The van der Waals surface area contributed by atoms with Gasteiger partial charge in [0.2, 0.25) is 5.89 Å². The number of nitrogens with zero attached hydrogens (tertiary/aromatic N) is 4. The summed E-state index contributed by atoms with van der Waals surface area (Å²) in [6, 6.07) is 3.53. The molecule has 0 bridgehead atoms. The zero-order valence-electron chi connectivity index (χ0n) is 15.2. The molecule has 27 heavy (non-hydrogen) atoms. The van der Waals surface area contributed by atoms with Crippen LogP contribution in [0.25, 0.3) is 0 Å². The van der Waals surface area contributed by atoms with Gasteiger partial charge >= 0.3 is 0 Å². The van der Waals surface area contributed by atoms with Crippen LogP contribution in [0.4, 0.5) is 0 Å². The molecule has 2 saturated heterocycles. The van der Waals surface area contributed by atoms with Gasteiger partial charge in [0.05, 0.1) is 18.1 Å². The van der Waals surface area contributed by atoms with Gasteiger partial charge < -0.3 is 18.9 Å². The van der Waals surface area contributed by atoms with Gasteiger partial charge in [-0.3, -0.25) is 9.78 Å². The van der Waals surface area contributed by atoms with Crippen LogP contribution in [-0.4, -0.2) is 65.4 Å². The highest BCUT2D eigenvalue weighted by molar-refractivity contribution is 5.94. The first-order valence-corrected chi connectivity index (χ1v) is 9.47. The fraction of sp³-hybridized carbons (Fsp3) is 0.579. The van der Waals surface area contributed by atoms with Crippen LogP contribution >= 0.6 is 0 Å². The lowest BCUT2D eigenvalue weighted by Crippen LogP contribution is -2.48. The van der Waals surface area contributed by atoms with E-state index < -0.39 is 0 Å². The molecule has 8 heteroatoms. The Balaban J connectivity index is 1.18. The highest BCUT2D eigenvalue weighted by Crippen LogP contribution is 2.27. The fourth-order valence-corrected chi connectivity index (χ4v) is 3.33. The molecule has 1 amide bonds. The molecule has 2 aromatic rings. The van der Waals surface area contributed by atoms with Gasteiger partial charge in [0.25, 0.3) is 5.91 Å². The van der Waals surface area contributed by atoms with Gasteiger partial charge in [-0.05, 0) is 30.9 Å². The number of aromatic nitrogens is 3. The van der Waals surface area contributed by atoms with Crippen LogP contribution in [0.1, 0.15) is 40.8 Å². The second kappa shape index (κ2) is 8.58. The molecule has 0 aliphatic carbocycles. The van der Waals surface area contributed by atoms with Gasteiger partial charge in [0, 0.05) is 51.7 Å². The zero-order valence-corrected chi connectivity index (χ0v) is 15.2. The predicted octanol–water partition coefficient (Wildman–Crippen LogP) is 1.69. The van der Waals surface area contributed by atoms with Crippen LogP contribution in [0.2, 0.25) is 0 Å². The lowest BCUT2D eigenvalue weighted by Gasteiger charge is -2.37. The largest absolute Gasteiger partial charge is 0.381 e. The van der Waals surface area contributed by atoms with Crippen LogP contribution in [0, 0.1) is 5.92 Å². The van der Waals surface area contributed by atoms with Crippen molar-refractivity contribution in [3.05, 3.63) is 41.8 Å². The molecule has 4 heterocycles. The molecule has 144 valence electrons. The molecule has 2 aromatic heterocycles. The molecule has 4 rings (SSSR count). The minimum atomic E-state index is -0.0133. The average molecular weight is 372 g/mol. The van der Waals surface area contributed by atoms with Crippen molar-refractivity contribution in [2.75, 3.05) is 39.5 Å². The topological polar surface area (TPSA) is 90.6 Å². The number of carbonyl (C=O) groups is 1. The van der Waals surface area contributed by atoms with Crippen molar-refractivity contribution in [1.29, 1.82) is 0 Å². The molecule has 0 aromatic carbocycles. The first-order valence-electron chi connectivity index (χ1n) is 9.47. The van der Waals surface area contributed by atoms with Gasteiger partial charge in [-0.15, -0.1) is 0 Å². The van der Waals surface area contributed by atoms with E-state index in [2.05, 4.69) is 15.1 Å². The van der Waals surface area contributed by atoms with Crippen LogP contribution in [0.15, 0.2) is 29.0 Å². The second-order valence-corrected chi connectivity index (χ2v) is 7.08. The van der Waals surface area contributed by atoms with Gasteiger partial charge in [-0.2, -0.15) is 4.98 Å². The smallest absolute Gasteiger partial charge is 0.255 e. The molecular weight excluding hydrogens is 348 g/mol. The van der Waals surface area contributed by atoms with Gasteiger partial charge in [0.15, 0.2) is 5.82 Å². The van der Waals surface area contributed by atoms with Gasteiger partial charge in [-0.1, -0.05) is 5.16 Å². The van der Waals surface area contributed by atoms with Crippen molar-refractivity contribution in [3.63, 3.8) is 0 Å². The fourth-order valence-electron chi connectivity index (χ4n) is 3.33. The van der Waals surface area contributed by atoms with E-state index in [4.69, 9.17) is 14.0 Å². The Morgan fingerprint density at radius 3 is 2.93 bits per heavy atom. The third-order valence-corrected chi connectivity index (χ3v) is 5.07. The SMILES string of the molecule is O=C(c1cccnc1)N1CC(c2nc(CCOCC3CCOCC3)no2)C1. The minimum absolute atomic E-state index is 0.0133. The third kappa shape index (κ3) is 4.51. The molecule has 2 aliphatic rings. The summed E-state index contributed by atoms with van der Waals surface area (Å²) in [6.07, 6.45) is 6.02. The minimum Gasteiger partial charge on any atom is -0.381 e. The Hall–Kier alpha value is -2.32. The van der Waals surface area contributed by atoms with E-state index in [1.54, 1.807) is 29.4 Å². The first-order chi connectivity index (χ1) is 13.3. The van der Waals surface area contributed by atoms with Crippen LogP contribution < -0.4 is 0 Å². The lowest BCUT2D eigenvalue weighted by molar-refractivity contribution is 0.0211. The second-order valence-electron chi connectivity index (χ2n) is 7.08. The maximum atomic E-state index is 12.3.